The summed E-state index contributed by atoms with van der Waals surface area (Å²) in [7, 11) is 7.78. The van der Waals surface area contributed by atoms with Crippen LogP contribution in [0.25, 0.3) is 64.9 Å². The van der Waals surface area contributed by atoms with Crippen molar-refractivity contribution in [3.63, 3.8) is 0 Å². The minimum atomic E-state index is -3.81. The normalized spacial score (nSPS) is 12.0. The summed E-state index contributed by atoms with van der Waals surface area (Å²) in [6.07, 6.45) is 11.1. The number of anilines is 12. The highest BCUT2D eigenvalue weighted by atomic mass is 32.2. The number of aryl methyl sites for hydroxylation is 6. The third-order valence-corrected chi connectivity index (χ3v) is 23.3. The Balaban J connectivity index is 0.000000127. The standard InChI is InChI=1S/C19H20N6OS.C19H17N5O3S2.C19H21N5S.C17H16N6O2S2/c1-11(26)21-13-5-4-6-14(9-13)22-18-20-10-12-7-8-15-17(16(12)23-18)24-19(27-15)25(2)3;1-24(2)18(25)16-9-14-15(28-16)7-6-11-10-21-19(23-17(11)14)22-12-4-3-5-13(8-12)29(20,26)27;1-11-7-12(2)9-14(8-11)21-18-20-10-13-5-6-15-17(16(13)22-18)23-19(25-15)24(3)4;1-23(2)17-22-15-13(26-17)7-6-10-9-19-16(21-14(10)15)20-11-4-3-5-12(8-11)27(18,24)25/h4-6,9-10H,7-8H2,1-3H3,(H,21,26)(H,20,22,23);3-10H,1-2H3,(H2,20,26,27)(H,21,22,23);7-10H,5-6H2,1-4H3,(H,20,21,22);3-9H,1-2H3,(H2,18,24,25)(H,19,20,21). The molecule has 0 radical (unpaired) electrons. The van der Waals surface area contributed by atoms with Crippen molar-refractivity contribution in [1.29, 1.82) is 0 Å². The first-order valence-corrected chi connectivity index (χ1v) is 39.9. The van der Waals surface area contributed by atoms with E-state index in [0.29, 0.717) is 45.6 Å². The van der Waals surface area contributed by atoms with E-state index in [1.165, 1.54) is 73.9 Å². The molecule has 8 aromatic heterocycles. The lowest BCUT2D eigenvalue weighted by Gasteiger charge is -2.15. The summed E-state index contributed by atoms with van der Waals surface area (Å²) in [5.41, 5.74) is 14.4. The van der Waals surface area contributed by atoms with Crippen molar-refractivity contribution in [2.75, 3.05) is 97.7 Å². The van der Waals surface area contributed by atoms with Crippen LogP contribution in [0, 0.1) is 13.8 Å². The Bertz CT molecular complexity index is 6020. The first kappa shape index (κ1) is 74.9. The smallest absolute Gasteiger partial charge is 0.263 e. The number of rotatable bonds is 15. The van der Waals surface area contributed by atoms with Gasteiger partial charge >= 0.3 is 0 Å². The molecule has 9 N–H and O–H groups in total. The maximum atomic E-state index is 12.3. The van der Waals surface area contributed by atoms with Gasteiger partial charge in [-0.15, -0.1) is 34.0 Å². The third kappa shape index (κ3) is 17.4. The second kappa shape index (κ2) is 31.2. The van der Waals surface area contributed by atoms with Crippen molar-refractivity contribution in [3.05, 3.63) is 183 Å². The summed E-state index contributed by atoms with van der Waals surface area (Å²) < 4.78 is 48.1. The van der Waals surface area contributed by atoms with Crippen molar-refractivity contribution < 1.29 is 26.4 Å². The Labute approximate surface area is 638 Å². The number of hydrogen-bond acceptors (Lipinski definition) is 28. The quantitative estimate of drug-likeness (QED) is 0.0501. The number of carbonyl (C=O) groups is 2. The van der Waals surface area contributed by atoms with E-state index in [0.717, 1.165) is 123 Å². The highest BCUT2D eigenvalue weighted by Gasteiger charge is 2.27. The van der Waals surface area contributed by atoms with Gasteiger partial charge in [0.05, 0.1) is 36.3 Å². The molecule has 0 atom stereocenters. The fraction of sp³-hybridized carbons (Fsp3) is 0.203. The van der Waals surface area contributed by atoms with Crippen LogP contribution in [0.4, 0.5) is 67.6 Å². The van der Waals surface area contributed by atoms with Gasteiger partial charge in [-0.3, -0.25) is 9.59 Å². The third-order valence-electron chi connectivity index (χ3n) is 16.7. The van der Waals surface area contributed by atoms with Gasteiger partial charge in [-0.05, 0) is 159 Å². The molecule has 0 aliphatic heterocycles. The number of hydrogen-bond donors (Lipinski definition) is 7. The van der Waals surface area contributed by atoms with E-state index >= 15 is 0 Å². The maximum Gasteiger partial charge on any atom is 0.263 e. The lowest BCUT2D eigenvalue weighted by Crippen LogP contribution is -2.20. The van der Waals surface area contributed by atoms with E-state index in [1.54, 1.807) is 84.8 Å². The molecule has 14 aromatic rings. The summed E-state index contributed by atoms with van der Waals surface area (Å²) in [5.74, 6) is 1.62. The monoisotopic (exact) mass is 1560 g/mol. The number of fused-ring (bicyclic) bond motifs is 12. The maximum absolute atomic E-state index is 12.3. The van der Waals surface area contributed by atoms with Crippen molar-refractivity contribution in [3.8, 4) is 22.8 Å². The number of benzene rings is 6. The Hall–Kier alpha value is -11.4. The largest absolute Gasteiger partial charge is 0.354 e. The summed E-state index contributed by atoms with van der Waals surface area (Å²) in [4.78, 5) is 84.8. The van der Waals surface area contributed by atoms with Crippen molar-refractivity contribution >= 4 is 187 Å². The van der Waals surface area contributed by atoms with Gasteiger partial charge in [-0.2, -0.15) is 0 Å². The fourth-order valence-corrected chi connectivity index (χ4v) is 16.7. The number of thiophene rings is 1. The van der Waals surface area contributed by atoms with Crippen LogP contribution in [0.3, 0.4) is 0 Å². The Morgan fingerprint density at radius 2 is 0.870 bits per heavy atom. The number of amides is 2. The highest BCUT2D eigenvalue weighted by molar-refractivity contribution is 7.89. The van der Waals surface area contributed by atoms with Crippen molar-refractivity contribution in [2.45, 2.75) is 56.2 Å². The summed E-state index contributed by atoms with van der Waals surface area (Å²) in [6.45, 7) is 5.67. The zero-order valence-corrected chi connectivity index (χ0v) is 65.3. The van der Waals surface area contributed by atoms with Crippen molar-refractivity contribution in [2.24, 2.45) is 10.3 Å². The molecule has 28 nitrogen and oxygen atoms in total. The topological polar surface area (TPSA) is 369 Å². The molecule has 34 heteroatoms. The summed E-state index contributed by atoms with van der Waals surface area (Å²) >= 11 is 6.47. The highest BCUT2D eigenvalue weighted by Crippen LogP contribution is 2.41. The number of nitrogens with two attached hydrogens (primary N) is 2. The van der Waals surface area contributed by atoms with Gasteiger partial charge in [0.25, 0.3) is 5.91 Å². The molecule has 2 aliphatic carbocycles. The molecule has 2 amide bonds. The van der Waals surface area contributed by atoms with Crippen molar-refractivity contribution in [1.82, 2.24) is 59.7 Å². The minimum absolute atomic E-state index is 0.00430. The van der Waals surface area contributed by atoms with Crippen LogP contribution in [-0.4, -0.2) is 145 Å². The van der Waals surface area contributed by atoms with Crippen LogP contribution in [0.1, 0.15) is 48.6 Å². The number of nitrogens with zero attached hydrogens (tertiary/aromatic N) is 15. The number of primary sulfonamides is 2. The van der Waals surface area contributed by atoms with Crippen LogP contribution >= 0.6 is 45.3 Å². The molecule has 0 saturated heterocycles. The van der Waals surface area contributed by atoms with Crippen LogP contribution in [-0.2, 0) is 50.5 Å². The Morgan fingerprint density at radius 3 is 1.37 bits per heavy atom. The summed E-state index contributed by atoms with van der Waals surface area (Å²) in [6, 6.07) is 35.8. The van der Waals surface area contributed by atoms with E-state index in [4.69, 9.17) is 30.2 Å². The molecule has 8 heterocycles. The zero-order valence-electron chi connectivity index (χ0n) is 60.4. The van der Waals surface area contributed by atoms with E-state index < -0.39 is 20.0 Å². The molecular weight excluding hydrogens is 1490 g/mol. The first-order valence-electron chi connectivity index (χ1n) is 33.5. The van der Waals surface area contributed by atoms with Gasteiger partial charge in [0.15, 0.2) is 15.4 Å². The molecule has 0 spiro atoms. The van der Waals surface area contributed by atoms with Gasteiger partial charge in [0.2, 0.25) is 49.7 Å². The number of carbonyl (C=O) groups excluding carboxylic acids is 2. The SMILES string of the molecule is CC(=O)Nc1cccc(Nc2ncc3c(n2)-c2nc(N(C)C)sc2CC3)c1.CN(C)C(=O)c1cc2c(ccc3cnc(Nc4cccc(S(N)(=O)=O)c4)nc32)s1.CN(C)c1nc2c(ccc3cnc(Nc4cccc(S(N)(=O)=O)c4)nc32)s1.Cc1cc(C)cc(Nc2ncc3c(n2)-c2nc(N(C)C)sc2CC3)c1. The number of thiazole rings is 3. The van der Waals surface area contributed by atoms with Crippen LogP contribution in [0.2, 0.25) is 0 Å². The zero-order chi connectivity index (χ0) is 76.5. The first-order chi connectivity index (χ1) is 51.5. The van der Waals surface area contributed by atoms with Gasteiger partial charge < -0.3 is 46.2 Å². The van der Waals surface area contributed by atoms with Crippen LogP contribution in [0.15, 0.2) is 156 Å². The lowest BCUT2D eigenvalue weighted by molar-refractivity contribution is -0.114. The Kier molecular flexibility index (Phi) is 21.6. The van der Waals surface area contributed by atoms with Gasteiger partial charge in [0, 0.05) is 147 Å². The Morgan fingerprint density at radius 1 is 0.426 bits per heavy atom. The lowest BCUT2D eigenvalue weighted by atomic mass is 10.00. The van der Waals surface area contributed by atoms with E-state index in [1.807, 2.05) is 119 Å². The average molecular weight is 1560 g/mol. The average Bonchev–Trinajstić information content (AvgIpc) is 1.58. The fourth-order valence-electron chi connectivity index (χ4n) is 11.6. The molecule has 6 aromatic carbocycles. The number of sulfonamides is 2. The molecule has 0 saturated carbocycles. The second-order valence-corrected chi connectivity index (χ2v) is 33.4. The molecule has 16 rings (SSSR count). The van der Waals surface area contributed by atoms with Gasteiger partial charge in [0.1, 0.15) is 22.4 Å². The predicted octanol–water partition coefficient (Wildman–Crippen LogP) is 13.2. The molecular formula is C74H74N22O6S6. The van der Waals surface area contributed by atoms with Gasteiger partial charge in [-0.25, -0.2) is 81.9 Å². The molecule has 2 aliphatic rings. The van der Waals surface area contributed by atoms with Gasteiger partial charge in [-0.1, -0.05) is 35.6 Å². The molecule has 552 valence electrons. The number of nitrogens with one attached hydrogen (secondary N) is 5. The van der Waals surface area contributed by atoms with E-state index in [9.17, 15) is 26.4 Å². The summed E-state index contributed by atoms with van der Waals surface area (Å²) in [5, 5.41) is 31.2. The minimum Gasteiger partial charge on any atom is -0.354 e. The molecule has 108 heavy (non-hydrogen) atoms. The van der Waals surface area contributed by atoms with Crippen LogP contribution < -0.4 is 51.6 Å². The van der Waals surface area contributed by atoms with E-state index in [2.05, 4.69) is 98.4 Å². The second-order valence-electron chi connectivity index (χ2n) is 26.1. The predicted molar refractivity (Wildman–Crippen MR) is 435 cm³/mol. The van der Waals surface area contributed by atoms with E-state index in [-0.39, 0.29) is 21.6 Å². The molecule has 0 bridgehead atoms. The van der Waals surface area contributed by atoms with Crippen LogP contribution in [0.5, 0.6) is 0 Å². The number of aromatic nitrogens is 11. The molecule has 0 unspecified atom stereocenters. The molecule has 0 fully saturated rings.